The van der Waals surface area contributed by atoms with Crippen LogP contribution in [0.4, 0.5) is 11.4 Å². The zero-order valence-electron chi connectivity index (χ0n) is 14.8. The number of oxazole rings is 1. The van der Waals surface area contributed by atoms with E-state index in [1.807, 2.05) is 0 Å². The smallest absolute Gasteiger partial charge is 0.182 e. The molecule has 26 heavy (non-hydrogen) atoms. The maximum absolute atomic E-state index is 5.76. The number of fused-ring (bicyclic) bond motifs is 1. The fourth-order valence-electron chi connectivity index (χ4n) is 4.13. The van der Waals surface area contributed by atoms with Gasteiger partial charge < -0.3 is 23.7 Å². The van der Waals surface area contributed by atoms with Gasteiger partial charge in [0.05, 0.1) is 31.3 Å². The van der Waals surface area contributed by atoms with E-state index in [4.69, 9.17) is 13.9 Å². The Morgan fingerprint density at radius 3 is 2.65 bits per heavy atom. The van der Waals surface area contributed by atoms with Crippen molar-refractivity contribution in [3.05, 3.63) is 30.8 Å². The third-order valence-electron chi connectivity index (χ3n) is 5.49. The molecule has 0 saturated carbocycles. The lowest BCUT2D eigenvalue weighted by Crippen LogP contribution is -2.38. The summed E-state index contributed by atoms with van der Waals surface area (Å²) in [5.41, 5.74) is 3.99. The van der Waals surface area contributed by atoms with Crippen LogP contribution in [0.1, 0.15) is 12.8 Å². The van der Waals surface area contributed by atoms with Crippen LogP contribution in [0.2, 0.25) is 0 Å². The normalized spacial score (nSPS) is 22.6. The van der Waals surface area contributed by atoms with Crippen LogP contribution < -0.4 is 15.1 Å². The maximum atomic E-state index is 5.76. The second kappa shape index (κ2) is 6.90. The standard InChI is InChI=1S/C19H24N4O3/c1-6-20-12-23(7-1)16-3-2-15(17-18(16)26-13-21-17)22-8-4-14(5-9-22)19-24-10-11-25-19/h1-3,7,13-14,19-20H,4-6,8-12H2. The molecular weight excluding hydrogens is 332 g/mol. The van der Waals surface area contributed by atoms with Crippen molar-refractivity contribution in [2.24, 2.45) is 5.92 Å². The van der Waals surface area contributed by atoms with E-state index in [9.17, 15) is 0 Å². The molecule has 1 aromatic carbocycles. The molecule has 138 valence electrons. The minimum atomic E-state index is -0.00927. The second-order valence-electron chi connectivity index (χ2n) is 7.04. The van der Waals surface area contributed by atoms with Crippen molar-refractivity contribution in [1.82, 2.24) is 10.3 Å². The van der Waals surface area contributed by atoms with Crippen molar-refractivity contribution < 1.29 is 13.9 Å². The first-order chi connectivity index (χ1) is 12.9. The highest BCUT2D eigenvalue weighted by Crippen LogP contribution is 2.36. The molecule has 0 unspecified atom stereocenters. The van der Waals surface area contributed by atoms with Crippen LogP contribution in [-0.2, 0) is 9.47 Å². The van der Waals surface area contributed by atoms with Gasteiger partial charge in [-0.2, -0.15) is 0 Å². The van der Waals surface area contributed by atoms with Gasteiger partial charge in [0.15, 0.2) is 18.3 Å². The Morgan fingerprint density at radius 2 is 1.88 bits per heavy atom. The molecule has 2 aromatic rings. The molecule has 1 aromatic heterocycles. The van der Waals surface area contributed by atoms with E-state index >= 15 is 0 Å². The Kier molecular flexibility index (Phi) is 4.28. The van der Waals surface area contributed by atoms with Gasteiger partial charge in [-0.05, 0) is 25.0 Å². The molecule has 0 bridgehead atoms. The van der Waals surface area contributed by atoms with Gasteiger partial charge >= 0.3 is 0 Å². The van der Waals surface area contributed by atoms with Gasteiger partial charge in [0.1, 0.15) is 5.52 Å². The summed E-state index contributed by atoms with van der Waals surface area (Å²) in [6.45, 7) is 5.11. The van der Waals surface area contributed by atoms with Crippen molar-refractivity contribution in [2.45, 2.75) is 19.1 Å². The lowest BCUT2D eigenvalue weighted by molar-refractivity contribution is -0.0889. The fourth-order valence-corrected chi connectivity index (χ4v) is 4.13. The summed E-state index contributed by atoms with van der Waals surface area (Å²) in [6, 6.07) is 4.31. The van der Waals surface area contributed by atoms with Crippen LogP contribution in [0.3, 0.4) is 0 Å². The molecule has 5 rings (SSSR count). The molecule has 2 saturated heterocycles. The van der Waals surface area contributed by atoms with Crippen LogP contribution in [0.5, 0.6) is 0 Å². The van der Waals surface area contributed by atoms with Gasteiger partial charge in [-0.1, -0.05) is 6.08 Å². The first-order valence-electron chi connectivity index (χ1n) is 9.38. The molecule has 0 amide bonds. The average Bonchev–Trinajstić information content (AvgIpc) is 3.40. The van der Waals surface area contributed by atoms with E-state index < -0.39 is 0 Å². The molecule has 0 radical (unpaired) electrons. The summed E-state index contributed by atoms with van der Waals surface area (Å²) in [5, 5.41) is 3.34. The molecule has 7 nitrogen and oxygen atoms in total. The Bertz CT molecular complexity index is 791. The van der Waals surface area contributed by atoms with Crippen molar-refractivity contribution in [3.63, 3.8) is 0 Å². The highest BCUT2D eigenvalue weighted by molar-refractivity contribution is 5.96. The van der Waals surface area contributed by atoms with Gasteiger partial charge in [-0.3, -0.25) is 5.32 Å². The predicted molar refractivity (Wildman–Crippen MR) is 99.1 cm³/mol. The summed E-state index contributed by atoms with van der Waals surface area (Å²) in [5.74, 6) is 0.491. The molecule has 0 atom stereocenters. The topological polar surface area (TPSA) is 63.0 Å². The van der Waals surface area contributed by atoms with Gasteiger partial charge in [0.2, 0.25) is 0 Å². The highest BCUT2D eigenvalue weighted by atomic mass is 16.7. The highest BCUT2D eigenvalue weighted by Gasteiger charge is 2.31. The first-order valence-corrected chi connectivity index (χ1v) is 9.38. The molecule has 2 fully saturated rings. The fraction of sp³-hybridized carbons (Fsp3) is 0.526. The number of ether oxygens (including phenoxy) is 2. The third kappa shape index (κ3) is 2.86. The van der Waals surface area contributed by atoms with E-state index in [2.05, 4.69) is 44.5 Å². The molecule has 3 aliphatic heterocycles. The SMILES string of the molecule is C1=CN(c2ccc(N3CCC(C4OCCO4)CC3)c3ncoc23)CNC1. The maximum Gasteiger partial charge on any atom is 0.182 e. The Balaban J connectivity index is 1.37. The third-order valence-corrected chi connectivity index (χ3v) is 5.49. The largest absolute Gasteiger partial charge is 0.441 e. The van der Waals surface area contributed by atoms with E-state index in [-0.39, 0.29) is 6.29 Å². The van der Waals surface area contributed by atoms with Crippen molar-refractivity contribution >= 4 is 22.5 Å². The minimum absolute atomic E-state index is 0.00927. The Hall–Kier alpha value is -2.09. The summed E-state index contributed by atoms with van der Waals surface area (Å²) < 4.78 is 17.1. The molecule has 1 N–H and O–H groups in total. The zero-order valence-corrected chi connectivity index (χ0v) is 14.8. The van der Waals surface area contributed by atoms with E-state index in [0.29, 0.717) is 5.92 Å². The van der Waals surface area contributed by atoms with Gasteiger partial charge in [0, 0.05) is 31.8 Å². The number of piperidine rings is 1. The van der Waals surface area contributed by atoms with Gasteiger partial charge in [-0.15, -0.1) is 0 Å². The minimum Gasteiger partial charge on any atom is -0.441 e. The van der Waals surface area contributed by atoms with Crippen LogP contribution in [0, 0.1) is 5.92 Å². The number of nitrogens with one attached hydrogen (secondary N) is 1. The predicted octanol–water partition coefficient (Wildman–Crippen LogP) is 2.30. The quantitative estimate of drug-likeness (QED) is 0.905. The van der Waals surface area contributed by atoms with Crippen LogP contribution >= 0.6 is 0 Å². The molecule has 0 aliphatic carbocycles. The van der Waals surface area contributed by atoms with E-state index in [1.54, 1.807) is 6.39 Å². The van der Waals surface area contributed by atoms with Crippen LogP contribution in [0.25, 0.3) is 11.1 Å². The number of hydrogen-bond acceptors (Lipinski definition) is 7. The number of anilines is 2. The molecule has 0 spiro atoms. The number of benzene rings is 1. The van der Waals surface area contributed by atoms with Crippen LogP contribution in [0.15, 0.2) is 35.2 Å². The van der Waals surface area contributed by atoms with E-state index in [0.717, 1.165) is 74.8 Å². The zero-order chi connectivity index (χ0) is 17.3. The molecule has 3 aliphatic rings. The monoisotopic (exact) mass is 356 g/mol. The molecule has 4 heterocycles. The van der Waals surface area contributed by atoms with Crippen LogP contribution in [-0.4, -0.2) is 50.8 Å². The summed E-state index contributed by atoms with van der Waals surface area (Å²) in [6.07, 6.45) is 7.89. The Labute approximate surface area is 152 Å². The number of aromatic nitrogens is 1. The number of hydrogen-bond donors (Lipinski definition) is 1. The van der Waals surface area contributed by atoms with Crippen molar-refractivity contribution in [3.8, 4) is 0 Å². The lowest BCUT2D eigenvalue weighted by Gasteiger charge is -2.35. The first kappa shape index (κ1) is 16.1. The van der Waals surface area contributed by atoms with Gasteiger partial charge in [-0.25, -0.2) is 4.98 Å². The van der Waals surface area contributed by atoms with E-state index in [1.165, 1.54) is 0 Å². The van der Waals surface area contributed by atoms with Crippen molar-refractivity contribution in [2.75, 3.05) is 49.3 Å². The summed E-state index contributed by atoms with van der Waals surface area (Å²) in [7, 11) is 0. The lowest BCUT2D eigenvalue weighted by atomic mass is 9.95. The Morgan fingerprint density at radius 1 is 1.08 bits per heavy atom. The average molecular weight is 356 g/mol. The van der Waals surface area contributed by atoms with Gasteiger partial charge in [0.25, 0.3) is 0 Å². The number of rotatable bonds is 3. The number of nitrogens with zero attached hydrogens (tertiary/aromatic N) is 3. The van der Waals surface area contributed by atoms with Crippen molar-refractivity contribution in [1.29, 1.82) is 0 Å². The summed E-state index contributed by atoms with van der Waals surface area (Å²) >= 11 is 0. The summed E-state index contributed by atoms with van der Waals surface area (Å²) in [4.78, 5) is 9.08. The molecule has 7 heteroatoms. The second-order valence-corrected chi connectivity index (χ2v) is 7.04. The molecular formula is C19H24N4O3.